The summed E-state index contributed by atoms with van der Waals surface area (Å²) in [4.78, 5) is 21.9. The number of benzene rings is 2. The van der Waals surface area contributed by atoms with Gasteiger partial charge in [-0.2, -0.15) is 0 Å². The standard InChI is InChI=1S/C16H14O5S/c1-22(21)9-13-8-12(16(19)20)6-7-14(13)10-2-4-11(5-3-10)15(17)18/h2-8H,9H2,1H3,(H,17,18)(H,19,20). The number of carboxylic acids is 2. The molecule has 0 saturated heterocycles. The van der Waals surface area contributed by atoms with Crippen molar-refractivity contribution in [1.29, 1.82) is 0 Å². The van der Waals surface area contributed by atoms with E-state index in [0.717, 1.165) is 11.1 Å². The van der Waals surface area contributed by atoms with Crippen LogP contribution in [0.2, 0.25) is 0 Å². The highest BCUT2D eigenvalue weighted by Gasteiger charge is 2.12. The van der Waals surface area contributed by atoms with Gasteiger partial charge < -0.3 is 10.2 Å². The Kier molecular flexibility index (Phi) is 4.72. The van der Waals surface area contributed by atoms with E-state index in [-0.39, 0.29) is 16.9 Å². The van der Waals surface area contributed by atoms with E-state index in [0.29, 0.717) is 5.56 Å². The summed E-state index contributed by atoms with van der Waals surface area (Å²) in [6.45, 7) is 0. The SMILES string of the molecule is CS(=O)Cc1cc(C(=O)O)ccc1-c1ccc(C(=O)O)cc1. The predicted molar refractivity (Wildman–Crippen MR) is 83.6 cm³/mol. The van der Waals surface area contributed by atoms with Crippen LogP contribution < -0.4 is 0 Å². The predicted octanol–water partition coefficient (Wildman–Crippen LogP) is 2.63. The van der Waals surface area contributed by atoms with Crippen molar-refractivity contribution in [2.24, 2.45) is 0 Å². The van der Waals surface area contributed by atoms with Gasteiger partial charge >= 0.3 is 11.9 Å². The van der Waals surface area contributed by atoms with Gasteiger partial charge in [0.25, 0.3) is 0 Å². The Morgan fingerprint density at radius 2 is 1.50 bits per heavy atom. The monoisotopic (exact) mass is 318 g/mol. The van der Waals surface area contributed by atoms with Gasteiger partial charge in [0.1, 0.15) is 0 Å². The molecule has 0 saturated carbocycles. The summed E-state index contributed by atoms with van der Waals surface area (Å²) in [7, 11) is -1.12. The Morgan fingerprint density at radius 1 is 0.955 bits per heavy atom. The fraction of sp³-hybridized carbons (Fsp3) is 0.125. The maximum Gasteiger partial charge on any atom is 0.335 e. The van der Waals surface area contributed by atoms with E-state index in [1.54, 1.807) is 24.5 Å². The maximum absolute atomic E-state index is 11.5. The third-order valence-electron chi connectivity index (χ3n) is 3.15. The summed E-state index contributed by atoms with van der Waals surface area (Å²) < 4.78 is 11.5. The Labute approximate surface area is 129 Å². The van der Waals surface area contributed by atoms with Crippen LogP contribution in [0.25, 0.3) is 11.1 Å². The second-order valence-electron chi connectivity index (χ2n) is 4.78. The largest absolute Gasteiger partial charge is 0.478 e. The minimum atomic E-state index is -1.12. The molecule has 22 heavy (non-hydrogen) atoms. The van der Waals surface area contributed by atoms with Crippen LogP contribution in [0.3, 0.4) is 0 Å². The molecule has 0 spiro atoms. The van der Waals surface area contributed by atoms with Crippen molar-refractivity contribution in [1.82, 2.24) is 0 Å². The Hall–Kier alpha value is -2.47. The molecule has 5 nitrogen and oxygen atoms in total. The lowest BCUT2D eigenvalue weighted by Crippen LogP contribution is -2.02. The van der Waals surface area contributed by atoms with Crippen molar-refractivity contribution >= 4 is 22.7 Å². The first kappa shape index (κ1) is 15.9. The Bertz CT molecular complexity index is 750. The average Bonchev–Trinajstić information content (AvgIpc) is 2.46. The second kappa shape index (κ2) is 6.53. The van der Waals surface area contributed by atoms with Crippen molar-refractivity contribution in [3.05, 3.63) is 59.2 Å². The van der Waals surface area contributed by atoms with E-state index in [9.17, 15) is 13.8 Å². The molecule has 1 atom stereocenters. The molecule has 0 aliphatic heterocycles. The van der Waals surface area contributed by atoms with Gasteiger partial charge in [-0.15, -0.1) is 0 Å². The summed E-state index contributed by atoms with van der Waals surface area (Å²) in [5.41, 5.74) is 2.46. The Morgan fingerprint density at radius 3 is 2.00 bits per heavy atom. The Balaban J connectivity index is 2.50. The van der Waals surface area contributed by atoms with Gasteiger partial charge in [-0.3, -0.25) is 4.21 Å². The topological polar surface area (TPSA) is 91.7 Å². The van der Waals surface area contributed by atoms with Gasteiger partial charge in [-0.05, 0) is 41.0 Å². The molecule has 0 amide bonds. The first-order valence-electron chi connectivity index (χ1n) is 6.38. The minimum absolute atomic E-state index is 0.131. The lowest BCUT2D eigenvalue weighted by Gasteiger charge is -2.10. The molecule has 0 aromatic heterocycles. The van der Waals surface area contributed by atoms with Crippen molar-refractivity contribution in [3.8, 4) is 11.1 Å². The van der Waals surface area contributed by atoms with Crippen molar-refractivity contribution < 1.29 is 24.0 Å². The molecular formula is C16H14O5S. The summed E-state index contributed by atoms with van der Waals surface area (Å²) in [5, 5.41) is 18.0. The number of hydrogen-bond donors (Lipinski definition) is 2. The van der Waals surface area contributed by atoms with E-state index in [2.05, 4.69) is 0 Å². The lowest BCUT2D eigenvalue weighted by atomic mass is 9.97. The van der Waals surface area contributed by atoms with Crippen molar-refractivity contribution in [2.75, 3.05) is 6.26 Å². The van der Waals surface area contributed by atoms with E-state index in [1.807, 2.05) is 0 Å². The van der Waals surface area contributed by atoms with Crippen molar-refractivity contribution in [2.45, 2.75) is 5.75 Å². The fourth-order valence-electron chi connectivity index (χ4n) is 2.14. The van der Waals surface area contributed by atoms with Crippen LogP contribution in [0.1, 0.15) is 26.3 Å². The number of rotatable bonds is 5. The molecule has 1 unspecified atom stereocenters. The third-order valence-corrected chi connectivity index (χ3v) is 3.87. The summed E-state index contributed by atoms with van der Waals surface area (Å²) >= 11 is 0. The fourth-order valence-corrected chi connectivity index (χ4v) is 2.82. The highest BCUT2D eigenvalue weighted by Crippen LogP contribution is 2.26. The van der Waals surface area contributed by atoms with E-state index in [4.69, 9.17) is 10.2 Å². The molecule has 0 aliphatic rings. The summed E-state index contributed by atoms with van der Waals surface area (Å²) in [5.74, 6) is -1.82. The van der Waals surface area contributed by atoms with Gasteiger partial charge in [0.15, 0.2) is 0 Å². The zero-order valence-electron chi connectivity index (χ0n) is 11.8. The highest BCUT2D eigenvalue weighted by atomic mass is 32.2. The van der Waals surface area contributed by atoms with E-state index in [1.165, 1.54) is 24.3 Å². The first-order chi connectivity index (χ1) is 10.4. The summed E-state index contributed by atoms with van der Waals surface area (Å²) in [6, 6.07) is 10.9. The maximum atomic E-state index is 11.5. The number of aromatic carboxylic acids is 2. The molecule has 2 rings (SSSR count). The van der Waals surface area contributed by atoms with Crippen LogP contribution in [0.15, 0.2) is 42.5 Å². The normalized spacial score (nSPS) is 11.9. The van der Waals surface area contributed by atoms with Crippen molar-refractivity contribution in [3.63, 3.8) is 0 Å². The van der Waals surface area contributed by atoms with Crippen LogP contribution in [0, 0.1) is 0 Å². The van der Waals surface area contributed by atoms with Gasteiger partial charge in [0.2, 0.25) is 0 Å². The lowest BCUT2D eigenvalue weighted by molar-refractivity contribution is 0.0686. The molecule has 2 aromatic carbocycles. The molecule has 0 bridgehead atoms. The van der Waals surface area contributed by atoms with E-state index >= 15 is 0 Å². The van der Waals surface area contributed by atoms with Crippen LogP contribution in [-0.2, 0) is 16.6 Å². The zero-order valence-corrected chi connectivity index (χ0v) is 12.6. The molecule has 114 valence electrons. The van der Waals surface area contributed by atoms with Gasteiger partial charge in [-0.1, -0.05) is 18.2 Å². The smallest absolute Gasteiger partial charge is 0.335 e. The highest BCUT2D eigenvalue weighted by molar-refractivity contribution is 7.83. The molecular weight excluding hydrogens is 304 g/mol. The quantitative estimate of drug-likeness (QED) is 0.884. The molecule has 0 heterocycles. The molecule has 2 aromatic rings. The van der Waals surface area contributed by atoms with E-state index < -0.39 is 22.7 Å². The first-order valence-corrected chi connectivity index (χ1v) is 8.11. The van der Waals surface area contributed by atoms with Crippen LogP contribution in [0.4, 0.5) is 0 Å². The third kappa shape index (κ3) is 3.59. The summed E-state index contributed by atoms with van der Waals surface area (Å²) in [6.07, 6.45) is 1.55. The average molecular weight is 318 g/mol. The number of carbonyl (C=O) groups is 2. The van der Waals surface area contributed by atoms with Crippen LogP contribution in [-0.4, -0.2) is 32.6 Å². The molecule has 0 radical (unpaired) electrons. The molecule has 6 heteroatoms. The number of hydrogen-bond acceptors (Lipinski definition) is 3. The van der Waals surface area contributed by atoms with Gasteiger partial charge in [0.05, 0.1) is 11.1 Å². The minimum Gasteiger partial charge on any atom is -0.478 e. The molecule has 0 fully saturated rings. The molecule has 2 N–H and O–H groups in total. The van der Waals surface area contributed by atoms with Gasteiger partial charge in [0, 0.05) is 22.8 Å². The van der Waals surface area contributed by atoms with Gasteiger partial charge in [-0.25, -0.2) is 9.59 Å². The zero-order chi connectivity index (χ0) is 16.3. The van der Waals surface area contributed by atoms with Crippen LogP contribution in [0.5, 0.6) is 0 Å². The van der Waals surface area contributed by atoms with Crippen LogP contribution >= 0.6 is 0 Å². The number of carboxylic acid groups (broad SMARTS) is 2. The second-order valence-corrected chi connectivity index (χ2v) is 6.21. The molecule has 0 aliphatic carbocycles.